The highest BCUT2D eigenvalue weighted by Gasteiger charge is 2.25. The van der Waals surface area contributed by atoms with E-state index in [2.05, 4.69) is 9.88 Å². The number of hydrogen-bond acceptors (Lipinski definition) is 6. The van der Waals surface area contributed by atoms with E-state index in [1.54, 1.807) is 18.0 Å². The third-order valence-electron chi connectivity index (χ3n) is 4.65. The van der Waals surface area contributed by atoms with Gasteiger partial charge in [0, 0.05) is 51.2 Å². The first-order valence-electron chi connectivity index (χ1n) is 9.05. The topological polar surface area (TPSA) is 66.0 Å². The number of amides is 2. The van der Waals surface area contributed by atoms with Crippen LogP contribution in [0.3, 0.4) is 0 Å². The molecule has 2 saturated heterocycles. The van der Waals surface area contributed by atoms with Gasteiger partial charge < -0.3 is 14.5 Å². The Balaban J connectivity index is 1.34. The summed E-state index contributed by atoms with van der Waals surface area (Å²) in [5.74, 6) is 1.50. The maximum absolute atomic E-state index is 12.4. The zero-order chi connectivity index (χ0) is 18.2. The zero-order valence-electron chi connectivity index (χ0n) is 15.0. The summed E-state index contributed by atoms with van der Waals surface area (Å²) >= 11 is 1.59. The monoisotopic (exact) mass is 378 g/mol. The van der Waals surface area contributed by atoms with Gasteiger partial charge in [-0.05, 0) is 12.1 Å². The number of pyridine rings is 1. The van der Waals surface area contributed by atoms with Gasteiger partial charge in [0.25, 0.3) is 0 Å². The fraction of sp³-hybridized carbons (Fsp3) is 0.611. The molecule has 2 fully saturated rings. The van der Waals surface area contributed by atoms with E-state index in [9.17, 15) is 9.59 Å². The molecule has 1 aromatic heterocycles. The summed E-state index contributed by atoms with van der Waals surface area (Å²) in [6.07, 6.45) is 1.77. The fourth-order valence-corrected chi connectivity index (χ4v) is 3.91. The van der Waals surface area contributed by atoms with Crippen LogP contribution in [0.4, 0.5) is 0 Å². The summed E-state index contributed by atoms with van der Waals surface area (Å²) in [5.41, 5.74) is 0.990. The van der Waals surface area contributed by atoms with Crippen molar-refractivity contribution in [3.63, 3.8) is 0 Å². The number of morpholine rings is 1. The lowest BCUT2D eigenvalue weighted by Gasteiger charge is -2.36. The number of carbonyl (C=O) groups excluding carboxylic acids is 2. The second kappa shape index (κ2) is 9.89. The second-order valence-electron chi connectivity index (χ2n) is 6.46. The van der Waals surface area contributed by atoms with Crippen molar-refractivity contribution in [2.45, 2.75) is 5.75 Å². The molecule has 0 bridgehead atoms. The predicted molar refractivity (Wildman–Crippen MR) is 101 cm³/mol. The minimum absolute atomic E-state index is 0.145. The molecule has 3 rings (SSSR count). The second-order valence-corrected chi connectivity index (χ2v) is 7.45. The molecule has 26 heavy (non-hydrogen) atoms. The molecule has 2 aliphatic heterocycles. The molecular weight excluding hydrogens is 352 g/mol. The highest BCUT2D eigenvalue weighted by atomic mass is 32.2. The van der Waals surface area contributed by atoms with Crippen molar-refractivity contribution in [3.8, 4) is 0 Å². The summed E-state index contributed by atoms with van der Waals surface area (Å²) < 4.78 is 5.31. The maximum Gasteiger partial charge on any atom is 0.236 e. The Bertz CT molecular complexity index is 587. The van der Waals surface area contributed by atoms with Crippen LogP contribution >= 0.6 is 11.8 Å². The van der Waals surface area contributed by atoms with Gasteiger partial charge in [-0.2, -0.15) is 0 Å². The van der Waals surface area contributed by atoms with Crippen LogP contribution in [0.2, 0.25) is 0 Å². The summed E-state index contributed by atoms with van der Waals surface area (Å²) in [6.45, 7) is 5.99. The third-order valence-corrected chi connectivity index (χ3v) is 5.60. The molecule has 0 radical (unpaired) electrons. The van der Waals surface area contributed by atoms with E-state index in [1.165, 1.54) is 0 Å². The van der Waals surface area contributed by atoms with Gasteiger partial charge in [0.2, 0.25) is 11.8 Å². The van der Waals surface area contributed by atoms with E-state index < -0.39 is 0 Å². The smallest absolute Gasteiger partial charge is 0.236 e. The quantitative estimate of drug-likeness (QED) is 0.710. The van der Waals surface area contributed by atoms with E-state index >= 15 is 0 Å². The number of carbonyl (C=O) groups is 2. The lowest BCUT2D eigenvalue weighted by molar-refractivity contribution is -0.139. The minimum atomic E-state index is 0.145. The van der Waals surface area contributed by atoms with Crippen molar-refractivity contribution in [2.75, 3.05) is 64.8 Å². The van der Waals surface area contributed by atoms with Crippen molar-refractivity contribution in [1.29, 1.82) is 0 Å². The van der Waals surface area contributed by atoms with Crippen molar-refractivity contribution < 1.29 is 14.3 Å². The van der Waals surface area contributed by atoms with Gasteiger partial charge in [-0.1, -0.05) is 6.07 Å². The molecular formula is C18H26N4O3S. The average molecular weight is 378 g/mol. The van der Waals surface area contributed by atoms with Gasteiger partial charge >= 0.3 is 0 Å². The van der Waals surface area contributed by atoms with Gasteiger partial charge in [0.05, 0.1) is 31.2 Å². The van der Waals surface area contributed by atoms with Crippen LogP contribution in [0.25, 0.3) is 0 Å². The van der Waals surface area contributed by atoms with E-state index in [4.69, 9.17) is 4.74 Å². The van der Waals surface area contributed by atoms with Gasteiger partial charge in [0.1, 0.15) is 0 Å². The Morgan fingerprint density at radius 1 is 1.00 bits per heavy atom. The van der Waals surface area contributed by atoms with Crippen LogP contribution in [-0.4, -0.2) is 96.3 Å². The average Bonchev–Trinajstić information content (AvgIpc) is 2.69. The van der Waals surface area contributed by atoms with Crippen LogP contribution in [0.1, 0.15) is 5.69 Å². The van der Waals surface area contributed by atoms with Crippen LogP contribution in [0.15, 0.2) is 24.4 Å². The number of thioether (sulfide) groups is 1. The molecule has 0 atom stereocenters. The number of ether oxygens (including phenoxy) is 1. The SMILES string of the molecule is O=C(CSCc1ccccn1)N1CCN(C(=O)CN2CCOCC2)CC1. The molecule has 0 spiro atoms. The standard InChI is InChI=1S/C18H26N4O3S/c23-17(13-20-9-11-25-12-10-20)21-5-7-22(8-6-21)18(24)15-26-14-16-3-1-2-4-19-16/h1-4H,5-15H2. The number of piperazine rings is 1. The Kier molecular flexibility index (Phi) is 7.28. The Labute approximate surface area is 158 Å². The van der Waals surface area contributed by atoms with Gasteiger partial charge in [0.15, 0.2) is 0 Å². The molecule has 0 aromatic carbocycles. The van der Waals surface area contributed by atoms with E-state index in [1.807, 2.05) is 28.0 Å². The molecule has 3 heterocycles. The van der Waals surface area contributed by atoms with Gasteiger partial charge in [-0.25, -0.2) is 0 Å². The maximum atomic E-state index is 12.4. The van der Waals surface area contributed by atoms with Crippen LogP contribution in [0.5, 0.6) is 0 Å². The first-order valence-corrected chi connectivity index (χ1v) is 10.2. The van der Waals surface area contributed by atoms with E-state index in [-0.39, 0.29) is 11.8 Å². The Morgan fingerprint density at radius 2 is 1.69 bits per heavy atom. The highest BCUT2D eigenvalue weighted by Crippen LogP contribution is 2.12. The lowest BCUT2D eigenvalue weighted by Crippen LogP contribution is -2.53. The molecule has 8 heteroatoms. The molecule has 7 nitrogen and oxygen atoms in total. The van der Waals surface area contributed by atoms with Crippen LogP contribution < -0.4 is 0 Å². The summed E-state index contributed by atoms with van der Waals surface area (Å²) in [4.78, 5) is 34.9. The Morgan fingerprint density at radius 3 is 2.35 bits per heavy atom. The molecule has 0 aliphatic carbocycles. The summed E-state index contributed by atoms with van der Waals surface area (Å²) in [5, 5.41) is 0. The molecule has 0 N–H and O–H groups in total. The Hall–Kier alpha value is -1.64. The van der Waals surface area contributed by atoms with Crippen molar-refractivity contribution in [1.82, 2.24) is 19.7 Å². The normalized spacial score (nSPS) is 18.8. The zero-order valence-corrected chi connectivity index (χ0v) is 15.8. The predicted octanol–water partition coefficient (Wildman–Crippen LogP) is 0.318. The van der Waals surface area contributed by atoms with E-state index in [0.717, 1.165) is 24.5 Å². The molecule has 1 aromatic rings. The van der Waals surface area contributed by atoms with Crippen LogP contribution in [-0.2, 0) is 20.1 Å². The fourth-order valence-electron chi connectivity index (χ4n) is 3.07. The molecule has 142 valence electrons. The molecule has 0 unspecified atom stereocenters. The number of aromatic nitrogens is 1. The third kappa shape index (κ3) is 5.69. The van der Waals surface area contributed by atoms with E-state index in [0.29, 0.717) is 51.7 Å². The summed E-state index contributed by atoms with van der Waals surface area (Å²) in [6, 6.07) is 5.81. The first-order chi connectivity index (χ1) is 12.7. The van der Waals surface area contributed by atoms with Gasteiger partial charge in [-0.3, -0.25) is 19.5 Å². The van der Waals surface area contributed by atoms with Gasteiger partial charge in [-0.15, -0.1) is 11.8 Å². The molecule has 0 saturated carbocycles. The van der Waals surface area contributed by atoms with Crippen molar-refractivity contribution in [3.05, 3.63) is 30.1 Å². The van der Waals surface area contributed by atoms with Crippen LogP contribution in [0, 0.1) is 0 Å². The molecule has 2 amide bonds. The largest absolute Gasteiger partial charge is 0.379 e. The molecule has 2 aliphatic rings. The number of hydrogen-bond donors (Lipinski definition) is 0. The van der Waals surface area contributed by atoms with Crippen molar-refractivity contribution in [2.24, 2.45) is 0 Å². The first kappa shape index (κ1) is 19.1. The number of nitrogens with zero attached hydrogens (tertiary/aromatic N) is 4. The minimum Gasteiger partial charge on any atom is -0.379 e. The number of rotatable bonds is 6. The highest BCUT2D eigenvalue weighted by molar-refractivity contribution is 7.99. The summed E-state index contributed by atoms with van der Waals surface area (Å²) in [7, 11) is 0. The lowest BCUT2D eigenvalue weighted by atomic mass is 10.3. The van der Waals surface area contributed by atoms with Crippen molar-refractivity contribution >= 4 is 23.6 Å².